The number of hydrogen-bond donors (Lipinski definition) is 0. The maximum atomic E-state index is 11.8. The van der Waals surface area contributed by atoms with Crippen LogP contribution in [0.3, 0.4) is 0 Å². The van der Waals surface area contributed by atoms with Gasteiger partial charge in [-0.25, -0.2) is 14.8 Å². The van der Waals surface area contributed by atoms with Gasteiger partial charge in [0.25, 0.3) is 0 Å². The number of benzene rings is 1. The van der Waals surface area contributed by atoms with E-state index in [1.54, 1.807) is 19.1 Å². The highest BCUT2D eigenvalue weighted by Gasteiger charge is 2.13. The Labute approximate surface area is 152 Å². The largest absolute Gasteiger partial charge is 0.462 e. The third-order valence-corrected chi connectivity index (χ3v) is 4.44. The molecule has 0 N–H and O–H groups in total. The van der Waals surface area contributed by atoms with Crippen molar-refractivity contribution in [3.8, 4) is 0 Å². The predicted molar refractivity (Wildman–Crippen MR) is 96.5 cm³/mol. The Kier molecular flexibility index (Phi) is 4.87. The lowest BCUT2D eigenvalue weighted by Crippen LogP contribution is -2.07. The lowest BCUT2D eigenvalue weighted by atomic mass is 10.1. The van der Waals surface area contributed by atoms with E-state index in [0.29, 0.717) is 23.7 Å². The maximum absolute atomic E-state index is 11.8. The van der Waals surface area contributed by atoms with Crippen molar-refractivity contribution in [2.45, 2.75) is 20.4 Å². The van der Waals surface area contributed by atoms with Gasteiger partial charge in [-0.3, -0.25) is 0 Å². The van der Waals surface area contributed by atoms with E-state index in [-0.39, 0.29) is 5.97 Å². The topological polar surface area (TPSA) is 57.0 Å². The fourth-order valence-corrected chi connectivity index (χ4v) is 3.01. The number of esters is 1. The third kappa shape index (κ3) is 3.30. The van der Waals surface area contributed by atoms with Crippen molar-refractivity contribution < 1.29 is 9.53 Å². The summed E-state index contributed by atoms with van der Waals surface area (Å²) in [6.45, 7) is 4.55. The van der Waals surface area contributed by atoms with Crippen molar-refractivity contribution in [1.82, 2.24) is 14.5 Å². The molecule has 0 aliphatic heterocycles. The molecule has 0 saturated heterocycles. The van der Waals surface area contributed by atoms with Gasteiger partial charge < -0.3 is 9.30 Å². The van der Waals surface area contributed by atoms with Crippen LogP contribution in [0.2, 0.25) is 5.02 Å². The standard InChI is InChI=1S/C17H15BrClN3O2/c1-3-24-17(23)11-4-5-12(13(19)8-11)9-22-10(2)20-14-6-7-15(18)21-16(14)22/h4-8H,3,9H2,1-2H3. The minimum absolute atomic E-state index is 0.332. The molecule has 0 amide bonds. The lowest BCUT2D eigenvalue weighted by Gasteiger charge is -2.10. The van der Waals surface area contributed by atoms with E-state index in [1.165, 1.54) is 0 Å². The van der Waals surface area contributed by atoms with Crippen molar-refractivity contribution in [3.05, 3.63) is 56.9 Å². The number of aryl methyl sites for hydroxylation is 1. The number of pyridine rings is 1. The second-order valence-electron chi connectivity index (χ2n) is 5.25. The van der Waals surface area contributed by atoms with Crippen LogP contribution in [0.15, 0.2) is 34.9 Å². The van der Waals surface area contributed by atoms with Crippen LogP contribution in [0.25, 0.3) is 11.2 Å². The molecule has 0 radical (unpaired) electrons. The summed E-state index contributed by atoms with van der Waals surface area (Å²) in [6, 6.07) is 8.96. The predicted octanol–water partition coefficient (Wildman–Crippen LogP) is 4.38. The molecule has 2 heterocycles. The van der Waals surface area contributed by atoms with Crippen LogP contribution >= 0.6 is 27.5 Å². The summed E-state index contributed by atoms with van der Waals surface area (Å²) < 4.78 is 7.73. The zero-order chi connectivity index (χ0) is 17.3. The summed E-state index contributed by atoms with van der Waals surface area (Å²) in [7, 11) is 0. The number of hydrogen-bond acceptors (Lipinski definition) is 4. The first-order valence-corrected chi connectivity index (χ1v) is 8.61. The quantitative estimate of drug-likeness (QED) is 0.475. The number of nitrogens with zero attached hydrogens (tertiary/aromatic N) is 3. The molecule has 3 aromatic rings. The molecule has 0 fully saturated rings. The van der Waals surface area contributed by atoms with Gasteiger partial charge in [0.1, 0.15) is 15.9 Å². The molecule has 5 nitrogen and oxygen atoms in total. The fraction of sp³-hybridized carbons (Fsp3) is 0.235. The van der Waals surface area contributed by atoms with Gasteiger partial charge in [-0.15, -0.1) is 0 Å². The van der Waals surface area contributed by atoms with Crippen LogP contribution in [0.4, 0.5) is 0 Å². The Balaban J connectivity index is 1.96. The minimum Gasteiger partial charge on any atom is -0.462 e. The number of ether oxygens (including phenoxy) is 1. The normalized spacial score (nSPS) is 11.0. The maximum Gasteiger partial charge on any atom is 0.338 e. The Hall–Kier alpha value is -1.92. The van der Waals surface area contributed by atoms with Crippen LogP contribution < -0.4 is 0 Å². The van der Waals surface area contributed by atoms with E-state index in [2.05, 4.69) is 25.9 Å². The molecule has 7 heteroatoms. The smallest absolute Gasteiger partial charge is 0.338 e. The first kappa shape index (κ1) is 16.9. The first-order valence-electron chi connectivity index (χ1n) is 7.44. The average Bonchev–Trinajstić information content (AvgIpc) is 2.85. The fourth-order valence-electron chi connectivity index (χ4n) is 2.47. The molecular formula is C17H15BrClN3O2. The summed E-state index contributed by atoms with van der Waals surface area (Å²) in [6.07, 6.45) is 0. The Morgan fingerprint density at radius 2 is 2.08 bits per heavy atom. The van der Waals surface area contributed by atoms with E-state index < -0.39 is 0 Å². The van der Waals surface area contributed by atoms with Crippen molar-refractivity contribution in [2.75, 3.05) is 6.61 Å². The van der Waals surface area contributed by atoms with Crippen LogP contribution in [0.1, 0.15) is 28.7 Å². The van der Waals surface area contributed by atoms with E-state index >= 15 is 0 Å². The number of aromatic nitrogens is 3. The number of halogens is 2. The van der Waals surface area contributed by atoms with Gasteiger partial charge in [0.05, 0.1) is 18.7 Å². The molecule has 0 spiro atoms. The second kappa shape index (κ2) is 6.91. The van der Waals surface area contributed by atoms with Crippen molar-refractivity contribution in [1.29, 1.82) is 0 Å². The average molecular weight is 409 g/mol. The van der Waals surface area contributed by atoms with Crippen LogP contribution in [-0.4, -0.2) is 27.1 Å². The molecule has 0 aliphatic rings. The molecule has 2 aromatic heterocycles. The van der Waals surface area contributed by atoms with Gasteiger partial charge in [0, 0.05) is 5.02 Å². The molecule has 3 rings (SSSR count). The Morgan fingerprint density at radius 3 is 2.79 bits per heavy atom. The number of imidazole rings is 1. The molecule has 0 saturated carbocycles. The summed E-state index contributed by atoms with van der Waals surface area (Å²) in [5, 5.41) is 0.511. The molecule has 0 unspecified atom stereocenters. The molecule has 0 bridgehead atoms. The van der Waals surface area contributed by atoms with Gasteiger partial charge in [-0.05, 0) is 59.6 Å². The minimum atomic E-state index is -0.374. The number of carbonyl (C=O) groups is 1. The van der Waals surface area contributed by atoms with Gasteiger partial charge in [0.15, 0.2) is 5.65 Å². The third-order valence-electron chi connectivity index (χ3n) is 3.64. The monoisotopic (exact) mass is 407 g/mol. The van der Waals surface area contributed by atoms with Gasteiger partial charge in [-0.2, -0.15) is 0 Å². The summed E-state index contributed by atoms with van der Waals surface area (Å²) in [5.74, 6) is 0.474. The number of rotatable bonds is 4. The van der Waals surface area contributed by atoms with E-state index in [9.17, 15) is 4.79 Å². The molecule has 0 aliphatic carbocycles. The van der Waals surface area contributed by atoms with Crippen molar-refractivity contribution in [3.63, 3.8) is 0 Å². The van der Waals surface area contributed by atoms with Crippen molar-refractivity contribution >= 4 is 44.7 Å². The van der Waals surface area contributed by atoms with Crippen molar-refractivity contribution in [2.24, 2.45) is 0 Å². The Bertz CT molecular complexity index is 924. The zero-order valence-electron chi connectivity index (χ0n) is 13.2. The summed E-state index contributed by atoms with van der Waals surface area (Å²) in [5.41, 5.74) is 2.94. The molecular weight excluding hydrogens is 394 g/mol. The molecule has 1 aromatic carbocycles. The highest BCUT2D eigenvalue weighted by atomic mass is 79.9. The van der Waals surface area contributed by atoms with E-state index in [4.69, 9.17) is 16.3 Å². The number of fused-ring (bicyclic) bond motifs is 1. The molecule has 0 atom stereocenters. The first-order chi connectivity index (χ1) is 11.5. The van der Waals surface area contributed by atoms with Gasteiger partial charge in [0.2, 0.25) is 0 Å². The number of carbonyl (C=O) groups excluding carboxylic acids is 1. The van der Waals surface area contributed by atoms with E-state index in [0.717, 1.165) is 27.2 Å². The van der Waals surface area contributed by atoms with Gasteiger partial charge in [-0.1, -0.05) is 17.7 Å². The highest BCUT2D eigenvalue weighted by Crippen LogP contribution is 2.23. The highest BCUT2D eigenvalue weighted by molar-refractivity contribution is 9.10. The molecule has 24 heavy (non-hydrogen) atoms. The van der Waals surface area contributed by atoms with Crippen LogP contribution in [-0.2, 0) is 11.3 Å². The van der Waals surface area contributed by atoms with Crippen LogP contribution in [0.5, 0.6) is 0 Å². The van der Waals surface area contributed by atoms with Gasteiger partial charge >= 0.3 is 5.97 Å². The lowest BCUT2D eigenvalue weighted by molar-refractivity contribution is 0.0526. The van der Waals surface area contributed by atoms with E-state index in [1.807, 2.05) is 29.7 Å². The van der Waals surface area contributed by atoms with Crippen LogP contribution in [0, 0.1) is 6.92 Å². The zero-order valence-corrected chi connectivity index (χ0v) is 15.6. The molecule has 124 valence electrons. The summed E-state index contributed by atoms with van der Waals surface area (Å²) in [4.78, 5) is 20.8. The summed E-state index contributed by atoms with van der Waals surface area (Å²) >= 11 is 9.74. The SMILES string of the molecule is CCOC(=O)c1ccc(Cn2c(C)nc3ccc(Br)nc32)c(Cl)c1. The second-order valence-corrected chi connectivity index (χ2v) is 6.47. The Morgan fingerprint density at radius 1 is 1.29 bits per heavy atom.